The van der Waals surface area contributed by atoms with E-state index in [0.29, 0.717) is 0 Å². The Hall–Kier alpha value is -5.64. The van der Waals surface area contributed by atoms with Gasteiger partial charge in [-0.1, -0.05) is 45.9 Å². The summed E-state index contributed by atoms with van der Waals surface area (Å²) in [5.74, 6) is -10.5. The average Bonchev–Trinajstić information content (AvgIpc) is 3.80. The maximum Gasteiger partial charge on any atom is 0.379 e. The fraction of sp³-hybridized carbons (Fsp3) is 0.429. The summed E-state index contributed by atoms with van der Waals surface area (Å²) in [4.78, 5) is 81.3. The number of amides is 1. The average molecular weight is 790 g/mol. The molecule has 3 N–H and O–H groups in total. The van der Waals surface area contributed by atoms with Crippen molar-refractivity contribution in [2.75, 3.05) is 7.11 Å². The molecule has 2 aromatic rings. The van der Waals surface area contributed by atoms with Crippen molar-refractivity contribution in [1.82, 2.24) is 5.32 Å². The lowest BCUT2D eigenvalue weighted by molar-refractivity contribution is -0.160. The van der Waals surface area contributed by atoms with E-state index in [1.54, 1.807) is 33.8 Å². The van der Waals surface area contributed by atoms with E-state index < -0.39 is 112 Å². The van der Waals surface area contributed by atoms with Crippen molar-refractivity contribution in [3.8, 4) is 11.5 Å². The van der Waals surface area contributed by atoms with E-state index in [1.807, 2.05) is 0 Å². The van der Waals surface area contributed by atoms with Crippen LogP contribution in [0, 0.1) is 30.6 Å². The minimum absolute atomic E-state index is 0.000493. The van der Waals surface area contributed by atoms with Crippen LogP contribution in [-0.4, -0.2) is 82.7 Å². The maximum atomic E-state index is 14.2. The van der Waals surface area contributed by atoms with Gasteiger partial charge in [0, 0.05) is 61.8 Å². The lowest BCUT2D eigenvalue weighted by Crippen LogP contribution is -2.46. The van der Waals surface area contributed by atoms with Crippen LogP contribution in [-0.2, 0) is 23.8 Å². The van der Waals surface area contributed by atoms with Crippen molar-refractivity contribution in [3.05, 3.63) is 94.3 Å². The number of aliphatic hydroxyl groups is 2. The number of benzene rings is 1. The van der Waals surface area contributed by atoms with Crippen molar-refractivity contribution in [2.45, 2.75) is 85.6 Å². The zero-order valence-electron chi connectivity index (χ0n) is 33.1. The fourth-order valence-electron chi connectivity index (χ4n) is 7.27. The van der Waals surface area contributed by atoms with E-state index in [0.717, 1.165) is 12.3 Å². The Balaban J connectivity index is 1.65. The number of esters is 2. The molecule has 304 valence electrons. The smallest absolute Gasteiger partial charge is 0.379 e. The topological polar surface area (TPSA) is 214 Å². The zero-order chi connectivity index (χ0) is 42.1. The molecule has 57 heavy (non-hydrogen) atoms. The molecule has 0 saturated heterocycles. The molecule has 0 saturated carbocycles. The summed E-state index contributed by atoms with van der Waals surface area (Å²) in [6.07, 6.45) is 5.33. The van der Waals surface area contributed by atoms with Gasteiger partial charge in [0.1, 0.15) is 17.6 Å². The van der Waals surface area contributed by atoms with E-state index in [9.17, 15) is 39.0 Å². The summed E-state index contributed by atoms with van der Waals surface area (Å²) >= 11 is 0. The highest BCUT2D eigenvalue weighted by Crippen LogP contribution is 2.48. The number of allylic oxidation sites excluding steroid dienone is 4. The number of hydrogen-bond donors (Lipinski definition) is 3. The number of nitrogens with one attached hydrogen (secondary N) is 1. The van der Waals surface area contributed by atoms with Crippen LogP contribution in [0.4, 0.5) is 0 Å². The van der Waals surface area contributed by atoms with Crippen LogP contribution in [0.5, 0.6) is 11.5 Å². The molecule has 6 rings (SSSR count). The van der Waals surface area contributed by atoms with Crippen molar-refractivity contribution in [3.63, 3.8) is 0 Å². The van der Waals surface area contributed by atoms with E-state index in [-0.39, 0.29) is 28.2 Å². The van der Waals surface area contributed by atoms with Gasteiger partial charge >= 0.3 is 17.7 Å². The largest absolute Gasteiger partial charge is 0.462 e. The predicted octanol–water partition coefficient (Wildman–Crippen LogP) is 4.74. The Bertz CT molecular complexity index is 2090. The highest BCUT2D eigenvalue weighted by molar-refractivity contribution is 6.31. The van der Waals surface area contributed by atoms with E-state index in [1.165, 1.54) is 71.4 Å². The number of methoxy groups -OCH3 is 1. The predicted molar refractivity (Wildman–Crippen MR) is 201 cm³/mol. The Morgan fingerprint density at radius 3 is 2.26 bits per heavy atom. The van der Waals surface area contributed by atoms with Crippen molar-refractivity contribution < 1.29 is 67.1 Å². The van der Waals surface area contributed by atoms with Crippen LogP contribution in [0.1, 0.15) is 95.7 Å². The number of rotatable bonds is 4. The van der Waals surface area contributed by atoms with Crippen LogP contribution in [0.25, 0.3) is 0 Å². The lowest BCUT2D eigenvalue weighted by atomic mass is 9.78. The van der Waals surface area contributed by atoms with Crippen LogP contribution in [0.2, 0.25) is 0 Å². The summed E-state index contributed by atoms with van der Waals surface area (Å²) in [6, 6.07) is 2.77. The first-order valence-electron chi connectivity index (χ1n) is 18.4. The van der Waals surface area contributed by atoms with Gasteiger partial charge < -0.3 is 43.6 Å². The van der Waals surface area contributed by atoms with Crippen molar-refractivity contribution in [1.29, 1.82) is 0 Å². The molecule has 1 amide bonds. The molecule has 3 aliphatic heterocycles. The molecule has 1 aromatic heterocycles. The molecular formula is C42H47NO14. The molecule has 4 aliphatic rings. The van der Waals surface area contributed by atoms with Gasteiger partial charge in [0.2, 0.25) is 11.5 Å². The summed E-state index contributed by atoms with van der Waals surface area (Å²) < 4.78 is 34.3. The van der Waals surface area contributed by atoms with Gasteiger partial charge in [-0.15, -0.1) is 0 Å². The fourth-order valence-corrected chi connectivity index (χ4v) is 7.27. The molecule has 9 atom stereocenters. The molecule has 0 radical (unpaired) electrons. The minimum atomic E-state index is -2.12. The van der Waals surface area contributed by atoms with Gasteiger partial charge in [-0.2, -0.15) is 0 Å². The van der Waals surface area contributed by atoms with Crippen LogP contribution in [0.15, 0.2) is 70.7 Å². The number of carbonyl (C=O) groups excluding carboxylic acids is 6. The molecular weight excluding hydrogens is 742 g/mol. The summed E-state index contributed by atoms with van der Waals surface area (Å²) in [6.45, 7) is 12.2. The van der Waals surface area contributed by atoms with Gasteiger partial charge in [0.15, 0.2) is 5.78 Å². The summed E-state index contributed by atoms with van der Waals surface area (Å²) in [5.41, 5.74) is -1.51. The first-order chi connectivity index (χ1) is 26.8. The number of ketones is 3. The van der Waals surface area contributed by atoms with Gasteiger partial charge in [0.25, 0.3) is 11.7 Å². The molecule has 1 aliphatic carbocycles. The van der Waals surface area contributed by atoms with Crippen LogP contribution < -0.4 is 14.8 Å². The minimum Gasteiger partial charge on any atom is -0.462 e. The molecule has 5 bridgehead atoms. The lowest BCUT2D eigenvalue weighted by Gasteiger charge is -2.38. The van der Waals surface area contributed by atoms with E-state index in [2.05, 4.69) is 5.32 Å². The molecule has 0 spiro atoms. The molecule has 4 heterocycles. The maximum absolute atomic E-state index is 14.2. The third-order valence-corrected chi connectivity index (χ3v) is 10.7. The second kappa shape index (κ2) is 16.8. The van der Waals surface area contributed by atoms with Crippen LogP contribution in [0.3, 0.4) is 0 Å². The van der Waals surface area contributed by atoms with Crippen molar-refractivity contribution in [2.24, 2.45) is 23.7 Å². The number of Topliss-reactive ketones (excluding diaryl/α,β-unsaturated/α-hetero) is 2. The third kappa shape index (κ3) is 8.27. The highest BCUT2D eigenvalue weighted by atomic mass is 16.7. The van der Waals surface area contributed by atoms with Crippen LogP contribution >= 0.6 is 0 Å². The Kier molecular flexibility index (Phi) is 12.6. The normalized spacial score (nSPS) is 31.6. The first-order valence-corrected chi connectivity index (χ1v) is 18.4. The summed E-state index contributed by atoms with van der Waals surface area (Å²) in [5, 5.41) is 25.2. The Morgan fingerprint density at radius 2 is 1.63 bits per heavy atom. The zero-order valence-corrected chi connectivity index (χ0v) is 33.1. The molecule has 1 aromatic carbocycles. The second-order valence-electron chi connectivity index (χ2n) is 14.7. The van der Waals surface area contributed by atoms with Gasteiger partial charge in [-0.25, -0.2) is 4.79 Å². The number of ether oxygens (including phenoxy) is 5. The number of fused-ring (bicyclic) bond motifs is 14. The van der Waals surface area contributed by atoms with E-state index in [4.69, 9.17) is 28.1 Å². The second-order valence-corrected chi connectivity index (χ2v) is 14.7. The van der Waals surface area contributed by atoms with Gasteiger partial charge in [-0.3, -0.25) is 24.0 Å². The highest BCUT2D eigenvalue weighted by Gasteiger charge is 2.52. The molecule has 15 nitrogen and oxygen atoms in total. The van der Waals surface area contributed by atoms with Crippen molar-refractivity contribution >= 4 is 35.2 Å². The monoisotopic (exact) mass is 789 g/mol. The number of furan rings is 1. The first kappa shape index (κ1) is 42.5. The molecule has 0 fully saturated rings. The quantitative estimate of drug-likeness (QED) is 0.282. The Morgan fingerprint density at radius 1 is 0.930 bits per heavy atom. The van der Waals surface area contributed by atoms with Gasteiger partial charge in [-0.05, 0) is 32.1 Å². The number of carbonyl (C=O) groups is 6. The molecule has 0 unspecified atom stereocenters. The van der Waals surface area contributed by atoms with Gasteiger partial charge in [0.05, 0.1) is 53.2 Å². The molecule has 15 heteroatoms. The number of aliphatic hydroxyl groups excluding tert-OH is 2. The Labute approximate surface area is 329 Å². The SMILES string of the molecule is CO[C@H]1/C=C\O[C@@]2(C)Oc3c(C)c(OC(=O)c4ccco4)c4c(c3C2=O)C(=O)C=C(NC(=O)/C(C)=C\C=C/[C@H](C)[C@H](O)[C@@H](C)[C@H](O)[C@H](C)[C@H](OC(C)=O)[C@@H]1C)C4=O. The number of hydrogen-bond acceptors (Lipinski definition) is 14. The standard InChI is InChI=1S/C42H47NO14/c1-19-12-10-13-20(2)40(50)43-26-18-27(45)30-31(35(26)48)37(56-41(51)29-14-11-16-53-29)24(6)38-32(30)39(49)42(8,57-38)54-17-15-28(52-9)21(3)36(55-25(7)44)23(5)34(47)22(4)33(19)46/h10-19,21-23,28,33-34,36,46-47H,1-9H3,(H,43,50)/b12-10-,17-15-,20-13-/t19-,21+,22+,23-,28-,33-,34-,36+,42-/m0/s1. The van der Waals surface area contributed by atoms with E-state index >= 15 is 0 Å². The third-order valence-electron chi connectivity index (χ3n) is 10.7. The summed E-state index contributed by atoms with van der Waals surface area (Å²) in [7, 11) is 1.41.